The fraction of sp³-hybridized carbons (Fsp3) is 0.480. The molecule has 0 aliphatic carbocycles. The fourth-order valence-corrected chi connectivity index (χ4v) is 3.48. The van der Waals surface area contributed by atoms with Crippen LogP contribution in [0.3, 0.4) is 0 Å². The van der Waals surface area contributed by atoms with Crippen molar-refractivity contribution in [3.05, 3.63) is 71.3 Å². The van der Waals surface area contributed by atoms with E-state index in [0.717, 1.165) is 19.4 Å². The monoisotopic (exact) mass is 364 g/mol. The van der Waals surface area contributed by atoms with Gasteiger partial charge in [0.15, 0.2) is 0 Å². The number of rotatable bonds is 10. The molecule has 0 radical (unpaired) electrons. The molecule has 0 saturated carbocycles. The van der Waals surface area contributed by atoms with Crippen molar-refractivity contribution in [3.8, 4) is 0 Å². The van der Waals surface area contributed by atoms with E-state index >= 15 is 0 Å². The van der Waals surface area contributed by atoms with Crippen molar-refractivity contribution in [2.75, 3.05) is 13.6 Å². The van der Waals surface area contributed by atoms with Crippen molar-refractivity contribution >= 4 is 5.84 Å². The van der Waals surface area contributed by atoms with Crippen LogP contribution >= 0.6 is 0 Å². The second kappa shape index (κ2) is 11.6. The molecule has 146 valence electrons. The molecule has 0 heterocycles. The van der Waals surface area contributed by atoms with Crippen molar-refractivity contribution in [1.29, 1.82) is 0 Å². The van der Waals surface area contributed by atoms with Gasteiger partial charge in [0.25, 0.3) is 0 Å². The molecule has 2 aromatic carbocycles. The zero-order chi connectivity index (χ0) is 19.5. The minimum atomic E-state index is 0.0621. The van der Waals surface area contributed by atoms with Gasteiger partial charge >= 0.3 is 0 Å². The van der Waals surface area contributed by atoms with Gasteiger partial charge in [-0.25, -0.2) is 0 Å². The minimum Gasteiger partial charge on any atom is -0.363 e. The van der Waals surface area contributed by atoms with Crippen LogP contribution in [0.2, 0.25) is 0 Å². The number of hydrogen-bond acceptors (Lipinski definition) is 1. The first-order valence-corrected chi connectivity index (χ1v) is 10.6. The highest BCUT2D eigenvalue weighted by molar-refractivity contribution is 5.82. The van der Waals surface area contributed by atoms with E-state index in [1.807, 2.05) is 0 Å². The van der Waals surface area contributed by atoms with Crippen LogP contribution in [0, 0.1) is 6.92 Å². The second-order valence-electron chi connectivity index (χ2n) is 7.45. The highest BCUT2D eigenvalue weighted by Crippen LogP contribution is 2.29. The van der Waals surface area contributed by atoms with Gasteiger partial charge in [0.1, 0.15) is 6.04 Å². The van der Waals surface area contributed by atoms with Crippen LogP contribution in [0.1, 0.15) is 75.1 Å². The van der Waals surface area contributed by atoms with E-state index in [9.17, 15) is 0 Å². The van der Waals surface area contributed by atoms with Gasteiger partial charge < -0.3 is 4.90 Å². The third-order valence-electron chi connectivity index (χ3n) is 5.14. The Bertz CT molecular complexity index is 690. The van der Waals surface area contributed by atoms with Gasteiger partial charge in [-0.2, -0.15) is 0 Å². The largest absolute Gasteiger partial charge is 0.363 e. The van der Waals surface area contributed by atoms with Crippen molar-refractivity contribution in [3.63, 3.8) is 0 Å². The second-order valence-corrected chi connectivity index (χ2v) is 7.45. The van der Waals surface area contributed by atoms with Crippen LogP contribution in [-0.4, -0.2) is 24.3 Å². The molecule has 0 aliphatic rings. The molecule has 0 amide bonds. The number of amidine groups is 1. The van der Waals surface area contributed by atoms with E-state index in [1.54, 1.807) is 0 Å². The van der Waals surface area contributed by atoms with Gasteiger partial charge in [0.05, 0.1) is 5.84 Å². The lowest BCUT2D eigenvalue weighted by atomic mass is 9.95. The molecular formula is C25H36N2. The van der Waals surface area contributed by atoms with Gasteiger partial charge in [-0.15, -0.1) is 0 Å². The Labute approximate surface area is 166 Å². The average molecular weight is 365 g/mol. The summed E-state index contributed by atoms with van der Waals surface area (Å²) in [5, 5.41) is 0. The summed E-state index contributed by atoms with van der Waals surface area (Å²) in [7, 11) is 2.21. The number of aliphatic imine (C=N–C) groups is 1. The van der Waals surface area contributed by atoms with Crippen LogP contribution in [0.15, 0.2) is 59.6 Å². The minimum absolute atomic E-state index is 0.0621. The van der Waals surface area contributed by atoms with Crippen molar-refractivity contribution in [1.82, 2.24) is 4.90 Å². The predicted molar refractivity (Wildman–Crippen MR) is 119 cm³/mol. The van der Waals surface area contributed by atoms with E-state index < -0.39 is 0 Å². The van der Waals surface area contributed by atoms with E-state index in [4.69, 9.17) is 4.99 Å². The molecule has 27 heavy (non-hydrogen) atoms. The maximum absolute atomic E-state index is 5.31. The Hall–Kier alpha value is -2.09. The molecule has 2 aromatic rings. The van der Waals surface area contributed by atoms with Crippen LogP contribution in [0.5, 0.6) is 0 Å². The summed E-state index contributed by atoms with van der Waals surface area (Å²) in [6.45, 7) is 7.79. The van der Waals surface area contributed by atoms with Crippen molar-refractivity contribution in [2.24, 2.45) is 4.99 Å². The topological polar surface area (TPSA) is 15.6 Å². The number of unbranched alkanes of at least 4 members (excludes halogenated alkanes) is 3. The number of aryl methyl sites for hydroxylation is 1. The highest BCUT2D eigenvalue weighted by atomic mass is 15.2. The third-order valence-corrected chi connectivity index (χ3v) is 5.14. The summed E-state index contributed by atoms with van der Waals surface area (Å²) >= 11 is 0. The summed E-state index contributed by atoms with van der Waals surface area (Å²) in [4.78, 5) is 7.69. The van der Waals surface area contributed by atoms with E-state index in [1.165, 1.54) is 48.2 Å². The molecular weight excluding hydrogens is 328 g/mol. The SMILES string of the molecule is CCCCCCN(C)C(CCC)=NC(c1ccccc1)c1ccccc1C. The van der Waals surface area contributed by atoms with Crippen LogP contribution in [0.25, 0.3) is 0 Å². The zero-order valence-electron chi connectivity index (χ0n) is 17.6. The zero-order valence-corrected chi connectivity index (χ0v) is 17.6. The Morgan fingerprint density at radius 1 is 0.889 bits per heavy atom. The summed E-state index contributed by atoms with van der Waals surface area (Å²) in [6.07, 6.45) is 7.30. The lowest BCUT2D eigenvalue weighted by molar-refractivity contribution is 0.457. The molecule has 2 heteroatoms. The van der Waals surface area contributed by atoms with Crippen molar-refractivity contribution < 1.29 is 0 Å². The summed E-state index contributed by atoms with van der Waals surface area (Å²) < 4.78 is 0. The Kier molecular flexibility index (Phi) is 9.10. The van der Waals surface area contributed by atoms with Gasteiger partial charge in [0.2, 0.25) is 0 Å². The molecule has 1 atom stereocenters. The molecule has 0 aliphatic heterocycles. The smallest absolute Gasteiger partial charge is 0.102 e. The summed E-state index contributed by atoms with van der Waals surface area (Å²) in [6, 6.07) is 19.4. The third kappa shape index (κ3) is 6.53. The average Bonchev–Trinajstić information content (AvgIpc) is 2.70. The van der Waals surface area contributed by atoms with Gasteiger partial charge in [0, 0.05) is 20.0 Å². The van der Waals surface area contributed by atoms with Crippen molar-refractivity contribution in [2.45, 2.75) is 65.3 Å². The first-order chi connectivity index (χ1) is 13.2. The van der Waals surface area contributed by atoms with Gasteiger partial charge in [-0.05, 0) is 36.5 Å². The maximum atomic E-state index is 5.31. The maximum Gasteiger partial charge on any atom is 0.102 e. The normalized spacial score (nSPS) is 12.8. The summed E-state index contributed by atoms with van der Waals surface area (Å²) in [5.41, 5.74) is 3.87. The quantitative estimate of drug-likeness (QED) is 0.257. The Balaban J connectivity index is 2.32. The highest BCUT2D eigenvalue weighted by Gasteiger charge is 2.17. The van der Waals surface area contributed by atoms with E-state index in [2.05, 4.69) is 87.3 Å². The van der Waals surface area contributed by atoms with Crippen LogP contribution in [-0.2, 0) is 0 Å². The first kappa shape index (κ1) is 21.2. The van der Waals surface area contributed by atoms with Crippen LogP contribution < -0.4 is 0 Å². The molecule has 0 spiro atoms. The molecule has 0 bridgehead atoms. The lowest BCUT2D eigenvalue weighted by Gasteiger charge is -2.25. The molecule has 0 saturated heterocycles. The Morgan fingerprint density at radius 3 is 2.26 bits per heavy atom. The van der Waals surface area contributed by atoms with Crippen LogP contribution in [0.4, 0.5) is 0 Å². The lowest BCUT2D eigenvalue weighted by Crippen LogP contribution is -2.28. The first-order valence-electron chi connectivity index (χ1n) is 10.6. The van der Waals surface area contributed by atoms with E-state index in [-0.39, 0.29) is 6.04 Å². The van der Waals surface area contributed by atoms with E-state index in [0.29, 0.717) is 0 Å². The molecule has 0 N–H and O–H groups in total. The standard InChI is InChI=1S/C25H36N2/c1-5-7-8-14-20-27(4)24(15-6-2)26-25(22-17-10-9-11-18-22)23-19-13-12-16-21(23)3/h9-13,16-19,25H,5-8,14-15,20H2,1-4H3. The predicted octanol–water partition coefficient (Wildman–Crippen LogP) is 6.80. The number of hydrogen-bond donors (Lipinski definition) is 0. The Morgan fingerprint density at radius 2 is 1.59 bits per heavy atom. The van der Waals surface area contributed by atoms with Gasteiger partial charge in [-0.3, -0.25) is 4.99 Å². The number of benzene rings is 2. The number of nitrogens with zero attached hydrogens (tertiary/aromatic N) is 2. The fourth-order valence-electron chi connectivity index (χ4n) is 3.48. The molecule has 2 nitrogen and oxygen atoms in total. The molecule has 0 fully saturated rings. The van der Waals surface area contributed by atoms with Gasteiger partial charge in [-0.1, -0.05) is 87.7 Å². The molecule has 0 aromatic heterocycles. The molecule has 2 rings (SSSR count). The molecule has 1 unspecified atom stereocenters. The summed E-state index contributed by atoms with van der Waals surface area (Å²) in [5.74, 6) is 1.23.